The lowest BCUT2D eigenvalue weighted by molar-refractivity contribution is -0.157. The first-order chi connectivity index (χ1) is 21.2. The molecule has 3 amide bonds. The maximum Gasteiger partial charge on any atom is 0.418 e. The highest BCUT2D eigenvalue weighted by molar-refractivity contribution is 6.06. The van der Waals surface area contributed by atoms with Crippen molar-refractivity contribution in [2.75, 3.05) is 13.2 Å². The summed E-state index contributed by atoms with van der Waals surface area (Å²) in [6, 6.07) is 11.2. The number of carbonyl (C=O) groups is 4. The summed E-state index contributed by atoms with van der Waals surface area (Å²) in [6.45, 7) is 2.03. The third-order valence-corrected chi connectivity index (χ3v) is 8.91. The lowest BCUT2D eigenvalue weighted by Crippen LogP contribution is -2.53. The summed E-state index contributed by atoms with van der Waals surface area (Å²) in [5, 5.41) is 4.22. The van der Waals surface area contributed by atoms with Crippen molar-refractivity contribution in [2.24, 2.45) is 13.0 Å². The summed E-state index contributed by atoms with van der Waals surface area (Å²) in [7, 11) is 1.84. The van der Waals surface area contributed by atoms with Gasteiger partial charge in [-0.05, 0) is 54.5 Å². The lowest BCUT2D eigenvalue weighted by Gasteiger charge is -2.42. The van der Waals surface area contributed by atoms with Crippen LogP contribution in [0.1, 0.15) is 55.7 Å². The molecule has 1 saturated carbocycles. The molecule has 230 valence electrons. The molecule has 1 aromatic heterocycles. The number of unbranched alkanes of at least 4 members (excludes halogenated alkanes) is 1. The summed E-state index contributed by atoms with van der Waals surface area (Å²) in [4.78, 5) is 55.6. The van der Waals surface area contributed by atoms with Crippen molar-refractivity contribution < 1.29 is 33.0 Å². The van der Waals surface area contributed by atoms with Crippen molar-refractivity contribution in [1.29, 1.82) is 0 Å². The largest absolute Gasteiger partial charge is 0.465 e. The molecule has 11 heteroatoms. The maximum atomic E-state index is 13.8. The highest BCUT2D eigenvalue weighted by Gasteiger charge is 2.58. The number of nitrogens with zero attached hydrogens (tertiary/aromatic N) is 4. The fraction of sp³-hybridized carbons (Fsp3) is 0.424. The minimum Gasteiger partial charge on any atom is -0.465 e. The smallest absolute Gasteiger partial charge is 0.418 e. The topological polar surface area (TPSA) is 111 Å². The molecule has 2 aromatic carbocycles. The molecule has 0 radical (unpaired) electrons. The zero-order chi connectivity index (χ0) is 31.0. The molecule has 2 heterocycles. The highest BCUT2D eigenvalue weighted by Crippen LogP contribution is 2.46. The Labute approximate surface area is 254 Å². The third-order valence-electron chi connectivity index (χ3n) is 8.91. The fourth-order valence-corrected chi connectivity index (χ4v) is 6.31. The van der Waals surface area contributed by atoms with Crippen molar-refractivity contribution in [1.82, 2.24) is 19.6 Å². The van der Waals surface area contributed by atoms with Gasteiger partial charge < -0.3 is 14.4 Å². The second kappa shape index (κ2) is 11.9. The number of fused-ring (bicyclic) bond motifs is 2. The van der Waals surface area contributed by atoms with Gasteiger partial charge in [-0.15, -0.1) is 0 Å². The molecule has 0 bridgehead atoms. The Morgan fingerprint density at radius 3 is 2.61 bits per heavy atom. The predicted octanol–water partition coefficient (Wildman–Crippen LogP) is 4.50. The van der Waals surface area contributed by atoms with Crippen LogP contribution < -0.4 is 0 Å². The number of aryl methyl sites for hydroxylation is 2. The molecule has 3 aliphatic rings. The van der Waals surface area contributed by atoms with E-state index >= 15 is 0 Å². The number of esters is 1. The Hall–Kier alpha value is -4.54. The van der Waals surface area contributed by atoms with E-state index < -0.39 is 35.9 Å². The van der Waals surface area contributed by atoms with Crippen LogP contribution in [0, 0.1) is 11.7 Å². The van der Waals surface area contributed by atoms with Crippen LogP contribution in [0.15, 0.2) is 54.9 Å². The van der Waals surface area contributed by atoms with Gasteiger partial charge in [0.05, 0.1) is 18.7 Å². The number of carbonyl (C=O) groups excluding carboxylic acids is 4. The first-order valence-electron chi connectivity index (χ1n) is 15.1. The number of aromatic nitrogens is 2. The van der Waals surface area contributed by atoms with E-state index in [9.17, 15) is 23.6 Å². The molecule has 3 aromatic rings. The van der Waals surface area contributed by atoms with E-state index in [0.717, 1.165) is 34.4 Å². The maximum absolute atomic E-state index is 13.8. The van der Waals surface area contributed by atoms with Gasteiger partial charge in [0.2, 0.25) is 11.5 Å². The number of hydrogen-bond donors (Lipinski definition) is 0. The number of rotatable bonds is 10. The molecular weight excluding hydrogens is 567 g/mol. The number of imide groups is 1. The van der Waals surface area contributed by atoms with Crippen LogP contribution in [-0.2, 0) is 49.5 Å². The molecule has 0 N–H and O–H groups in total. The van der Waals surface area contributed by atoms with E-state index in [2.05, 4.69) is 5.10 Å². The molecule has 44 heavy (non-hydrogen) atoms. The molecule has 6 rings (SSSR count). The molecule has 2 fully saturated rings. The lowest BCUT2D eigenvalue weighted by atomic mass is 9.79. The summed E-state index contributed by atoms with van der Waals surface area (Å²) in [6.07, 6.45) is 6.15. The number of hydrogen-bond acceptors (Lipinski definition) is 7. The van der Waals surface area contributed by atoms with Gasteiger partial charge in [0.25, 0.3) is 5.91 Å². The molecule has 10 nitrogen and oxygen atoms in total. The van der Waals surface area contributed by atoms with Crippen LogP contribution in [0.4, 0.5) is 9.18 Å². The van der Waals surface area contributed by atoms with Crippen molar-refractivity contribution >= 4 is 23.9 Å². The van der Waals surface area contributed by atoms with Crippen molar-refractivity contribution in [2.45, 2.75) is 63.6 Å². The van der Waals surface area contributed by atoms with Gasteiger partial charge in [-0.3, -0.25) is 19.1 Å². The zero-order valence-corrected chi connectivity index (χ0v) is 24.8. The predicted molar refractivity (Wildman–Crippen MR) is 156 cm³/mol. The van der Waals surface area contributed by atoms with Gasteiger partial charge in [0.1, 0.15) is 12.4 Å². The summed E-state index contributed by atoms with van der Waals surface area (Å²) >= 11 is 0. The number of halogens is 1. The fourth-order valence-electron chi connectivity index (χ4n) is 6.31. The SMILES string of the molecule is CCCCOC(=O)C1CC(N(Cc2ccc(F)cc2)C(=O)CN2C(=O)OC3(CCc4cc(-c5cnn(C)c5)ccc43)C2=O)C1. The third kappa shape index (κ3) is 5.46. The van der Waals surface area contributed by atoms with Gasteiger partial charge in [0.15, 0.2) is 0 Å². The van der Waals surface area contributed by atoms with Gasteiger partial charge >= 0.3 is 12.1 Å². The first-order valence-corrected chi connectivity index (χ1v) is 15.1. The van der Waals surface area contributed by atoms with Gasteiger partial charge in [-0.2, -0.15) is 5.10 Å². The Balaban J connectivity index is 1.18. The van der Waals surface area contributed by atoms with Crippen LogP contribution in [0.2, 0.25) is 0 Å². The second-order valence-corrected chi connectivity index (χ2v) is 11.9. The Kier molecular flexibility index (Phi) is 7.96. The van der Waals surface area contributed by atoms with Crippen LogP contribution in [0.3, 0.4) is 0 Å². The average molecular weight is 603 g/mol. The van der Waals surface area contributed by atoms with Gasteiger partial charge in [-0.25, -0.2) is 14.1 Å². The van der Waals surface area contributed by atoms with Crippen LogP contribution in [0.25, 0.3) is 11.1 Å². The second-order valence-electron chi connectivity index (χ2n) is 11.9. The first kappa shape index (κ1) is 29.5. The quantitative estimate of drug-likeness (QED) is 0.248. The molecule has 2 aliphatic carbocycles. The van der Waals surface area contributed by atoms with E-state index in [1.807, 2.05) is 38.4 Å². The van der Waals surface area contributed by atoms with Crippen LogP contribution in [-0.4, -0.2) is 62.7 Å². The molecule has 1 atom stereocenters. The minimum atomic E-state index is -1.47. The van der Waals surface area contributed by atoms with Crippen molar-refractivity contribution in [3.8, 4) is 11.1 Å². The van der Waals surface area contributed by atoms with Crippen molar-refractivity contribution in [3.05, 3.63) is 77.4 Å². The summed E-state index contributed by atoms with van der Waals surface area (Å²) in [5.74, 6) is -2.02. The van der Waals surface area contributed by atoms with Crippen LogP contribution in [0.5, 0.6) is 0 Å². The monoisotopic (exact) mass is 602 g/mol. The van der Waals surface area contributed by atoms with Crippen LogP contribution >= 0.6 is 0 Å². The highest BCUT2D eigenvalue weighted by atomic mass is 19.1. The molecule has 1 aliphatic heterocycles. The number of ether oxygens (including phenoxy) is 2. The summed E-state index contributed by atoms with van der Waals surface area (Å²) < 4.78 is 26.4. The molecule has 1 unspecified atom stereocenters. The van der Waals surface area contributed by atoms with Gasteiger partial charge in [-0.1, -0.05) is 43.7 Å². The average Bonchev–Trinajstić information content (AvgIpc) is 3.65. The normalized spacial score (nSPS) is 22.1. The summed E-state index contributed by atoms with van der Waals surface area (Å²) in [5.41, 5.74) is 2.64. The van der Waals surface area contributed by atoms with Crippen molar-refractivity contribution in [3.63, 3.8) is 0 Å². The zero-order valence-electron chi connectivity index (χ0n) is 24.8. The molecule has 1 spiro atoms. The van der Waals surface area contributed by atoms with E-state index in [4.69, 9.17) is 9.47 Å². The Morgan fingerprint density at radius 1 is 1.14 bits per heavy atom. The van der Waals surface area contributed by atoms with E-state index in [-0.39, 0.29) is 30.9 Å². The standard InChI is InChI=1S/C33H35FN4O6/c1-3-4-13-43-30(40)24-15-27(16-24)37(18-21-5-8-26(34)9-6-21)29(39)20-38-31(41)33(44-32(38)42)12-11-23-14-22(7-10-28(23)33)25-17-35-36(2)19-25/h5-10,14,17,19,24,27H,3-4,11-13,15-16,18,20H2,1-2H3. The minimum absolute atomic E-state index is 0.142. The van der Waals surface area contributed by atoms with E-state index in [1.165, 1.54) is 12.1 Å². The number of amides is 3. The molecule has 1 saturated heterocycles. The van der Waals surface area contributed by atoms with E-state index in [1.54, 1.807) is 27.9 Å². The number of benzene rings is 2. The Morgan fingerprint density at radius 2 is 1.91 bits per heavy atom. The van der Waals surface area contributed by atoms with E-state index in [0.29, 0.717) is 37.0 Å². The van der Waals surface area contributed by atoms with Gasteiger partial charge in [0, 0.05) is 43.4 Å². The molecular formula is C33H35FN4O6. The Bertz CT molecular complexity index is 1600.